The van der Waals surface area contributed by atoms with Gasteiger partial charge in [-0.3, -0.25) is 0 Å². The lowest BCUT2D eigenvalue weighted by Crippen LogP contribution is -2.60. The lowest BCUT2D eigenvalue weighted by molar-refractivity contribution is 0.0927. The third-order valence-electron chi connectivity index (χ3n) is 1.35. The van der Waals surface area contributed by atoms with Gasteiger partial charge in [-0.25, -0.2) is 0 Å². The third-order valence-corrected chi connectivity index (χ3v) is 13.7. The summed E-state index contributed by atoms with van der Waals surface area (Å²) in [7, 11) is -3.06. The minimum atomic E-state index is -3.11. The van der Waals surface area contributed by atoms with Gasteiger partial charge in [-0.2, -0.15) is 0 Å². The Labute approximate surface area is 101 Å². The summed E-state index contributed by atoms with van der Waals surface area (Å²) >= 11 is 17.8. The lowest BCUT2D eigenvalue weighted by atomic mass is 10.9. The lowest BCUT2D eigenvalue weighted by Gasteiger charge is -2.31. The molecule has 86 valence electrons. The molecule has 3 nitrogen and oxygen atoms in total. The van der Waals surface area contributed by atoms with Gasteiger partial charge in [-0.1, -0.05) is 0 Å². The van der Waals surface area contributed by atoms with Crippen LogP contribution in [0.4, 0.5) is 0 Å². The molecule has 0 rings (SSSR count). The van der Waals surface area contributed by atoms with Gasteiger partial charge in [-0.05, 0) is 20.8 Å². The van der Waals surface area contributed by atoms with Gasteiger partial charge >= 0.3 is 13.8 Å². The van der Waals surface area contributed by atoms with Crippen molar-refractivity contribution in [3.05, 3.63) is 0 Å². The van der Waals surface area contributed by atoms with Crippen molar-refractivity contribution < 1.29 is 13.3 Å². The van der Waals surface area contributed by atoms with Crippen molar-refractivity contribution in [2.45, 2.75) is 20.8 Å². The van der Waals surface area contributed by atoms with Gasteiger partial charge in [0.1, 0.15) is 0 Å². The van der Waals surface area contributed by atoms with Crippen molar-refractivity contribution >= 4 is 47.1 Å². The molecule has 14 heavy (non-hydrogen) atoms. The Morgan fingerprint density at radius 3 is 1.21 bits per heavy atom. The van der Waals surface area contributed by atoms with E-state index in [-0.39, 0.29) is 0 Å². The summed E-state index contributed by atoms with van der Waals surface area (Å²) in [5, 5.41) is 0. The van der Waals surface area contributed by atoms with Gasteiger partial charge in [0.05, 0.1) is 0 Å². The van der Waals surface area contributed by atoms with Gasteiger partial charge < -0.3 is 13.3 Å². The highest BCUT2D eigenvalue weighted by molar-refractivity contribution is 7.86. The standard InChI is InChI=1S/C6H15Cl3O3Si2/c1-4-10-14(11-5-2,12-6-3)13(7,8)9/h4-6H2,1-3H3. The average Bonchev–Trinajstić information content (AvgIpc) is 2.03. The van der Waals surface area contributed by atoms with E-state index in [0.717, 1.165) is 0 Å². The largest absolute Gasteiger partial charge is 0.526 e. The maximum Gasteiger partial charge on any atom is 0.526 e. The number of halogens is 3. The molecule has 0 aromatic rings. The smallest absolute Gasteiger partial charge is 0.374 e. The molecular weight excluding hydrogens is 283 g/mol. The predicted molar refractivity (Wildman–Crippen MR) is 63.9 cm³/mol. The Kier molecular flexibility index (Phi) is 7.27. The Morgan fingerprint density at radius 1 is 0.786 bits per heavy atom. The average molecular weight is 298 g/mol. The first-order valence-electron chi connectivity index (χ1n) is 4.42. The van der Waals surface area contributed by atoms with E-state index >= 15 is 0 Å². The van der Waals surface area contributed by atoms with Crippen molar-refractivity contribution in [2.24, 2.45) is 0 Å². The molecule has 0 unspecified atom stereocenters. The topological polar surface area (TPSA) is 27.7 Å². The molecule has 0 aromatic heterocycles. The van der Waals surface area contributed by atoms with E-state index in [1.807, 2.05) is 20.8 Å². The second-order valence-corrected chi connectivity index (χ2v) is 19.1. The molecule has 0 aliphatic heterocycles. The SMILES string of the molecule is CCO[Si](OCC)(OCC)[Si](Cl)(Cl)Cl. The highest BCUT2D eigenvalue weighted by atomic mass is 35.8. The maximum atomic E-state index is 5.95. The van der Waals surface area contributed by atoms with Crippen LogP contribution in [0.3, 0.4) is 0 Å². The second-order valence-electron chi connectivity index (χ2n) is 2.35. The first-order valence-corrected chi connectivity index (χ1v) is 12.2. The van der Waals surface area contributed by atoms with Crippen LogP contribution in [0.2, 0.25) is 0 Å². The second kappa shape index (κ2) is 6.70. The maximum absolute atomic E-state index is 5.95. The fraction of sp³-hybridized carbons (Fsp3) is 1.00. The first kappa shape index (κ1) is 15.2. The fourth-order valence-corrected chi connectivity index (χ4v) is 10.0. The Hall–Kier alpha value is 1.18. The minimum absolute atomic E-state index is 0.424. The van der Waals surface area contributed by atoms with Crippen molar-refractivity contribution in [2.75, 3.05) is 19.8 Å². The van der Waals surface area contributed by atoms with Gasteiger partial charge in [0.2, 0.25) is 0 Å². The van der Waals surface area contributed by atoms with Gasteiger partial charge in [0.15, 0.2) is 0 Å². The summed E-state index contributed by atoms with van der Waals surface area (Å²) in [6.45, 7) is 6.74. The molecule has 0 radical (unpaired) electrons. The van der Waals surface area contributed by atoms with Crippen LogP contribution in [0, 0.1) is 0 Å². The predicted octanol–water partition coefficient (Wildman–Crippen LogP) is 2.77. The van der Waals surface area contributed by atoms with E-state index < -0.39 is 13.8 Å². The molecule has 0 aromatic carbocycles. The fourth-order valence-electron chi connectivity index (χ4n) is 0.941. The molecule has 0 bridgehead atoms. The monoisotopic (exact) mass is 296 g/mol. The zero-order valence-corrected chi connectivity index (χ0v) is 12.7. The Morgan fingerprint density at radius 2 is 1.07 bits per heavy atom. The van der Waals surface area contributed by atoms with Crippen LogP contribution in [0.5, 0.6) is 0 Å². The van der Waals surface area contributed by atoms with Crippen LogP contribution in [0.25, 0.3) is 0 Å². The molecular formula is C6H15Cl3O3Si2. The van der Waals surface area contributed by atoms with E-state index in [4.69, 9.17) is 46.5 Å². The normalized spacial score (nSPS) is 13.3. The van der Waals surface area contributed by atoms with E-state index in [9.17, 15) is 0 Å². The summed E-state index contributed by atoms with van der Waals surface area (Å²) in [4.78, 5) is 0. The van der Waals surface area contributed by atoms with E-state index in [0.29, 0.717) is 19.8 Å². The minimum Gasteiger partial charge on any atom is -0.374 e. The van der Waals surface area contributed by atoms with Crippen molar-refractivity contribution in [3.8, 4) is 0 Å². The van der Waals surface area contributed by atoms with Crippen LogP contribution in [-0.2, 0) is 13.3 Å². The summed E-state index contributed by atoms with van der Waals surface area (Å²) < 4.78 is 16.3. The molecule has 0 saturated carbocycles. The molecule has 0 fully saturated rings. The van der Waals surface area contributed by atoms with Crippen LogP contribution in [0.15, 0.2) is 0 Å². The van der Waals surface area contributed by atoms with Crippen molar-refractivity contribution in [1.29, 1.82) is 0 Å². The van der Waals surface area contributed by atoms with Crippen LogP contribution >= 0.6 is 33.2 Å². The Bertz CT molecular complexity index is 148. The molecule has 0 spiro atoms. The molecule has 0 atom stereocenters. The summed E-state index contributed by atoms with van der Waals surface area (Å²) in [5.41, 5.74) is -3.11. The van der Waals surface area contributed by atoms with Crippen LogP contribution in [-0.4, -0.2) is 33.7 Å². The van der Waals surface area contributed by atoms with Gasteiger partial charge in [0, 0.05) is 19.8 Å². The molecule has 8 heteroatoms. The van der Waals surface area contributed by atoms with Gasteiger partial charge in [-0.15, -0.1) is 33.2 Å². The third kappa shape index (κ3) is 3.98. The number of hydrogen-bond acceptors (Lipinski definition) is 3. The summed E-state index contributed by atoms with van der Waals surface area (Å²) in [6.07, 6.45) is 0. The Balaban J connectivity index is 4.73. The molecule has 0 aliphatic carbocycles. The van der Waals surface area contributed by atoms with Crippen molar-refractivity contribution in [1.82, 2.24) is 0 Å². The number of hydrogen-bond donors (Lipinski definition) is 0. The zero-order chi connectivity index (χ0) is 11.2. The molecule has 0 N–H and O–H groups in total. The van der Waals surface area contributed by atoms with E-state index in [1.54, 1.807) is 0 Å². The summed E-state index contributed by atoms with van der Waals surface area (Å²) in [5.74, 6) is 0. The van der Waals surface area contributed by atoms with E-state index in [1.165, 1.54) is 0 Å². The van der Waals surface area contributed by atoms with E-state index in [2.05, 4.69) is 0 Å². The highest BCUT2D eigenvalue weighted by Crippen LogP contribution is 2.33. The molecule has 0 heterocycles. The molecule has 0 amide bonds. The van der Waals surface area contributed by atoms with Gasteiger partial charge in [0.25, 0.3) is 0 Å². The van der Waals surface area contributed by atoms with Crippen LogP contribution < -0.4 is 0 Å². The quantitative estimate of drug-likeness (QED) is 0.534. The molecule has 0 aliphatic rings. The zero-order valence-electron chi connectivity index (χ0n) is 8.48. The van der Waals surface area contributed by atoms with Crippen LogP contribution in [0.1, 0.15) is 20.8 Å². The first-order chi connectivity index (χ1) is 6.43. The number of rotatable bonds is 7. The summed E-state index contributed by atoms with van der Waals surface area (Å²) in [6, 6.07) is 0. The molecule has 0 saturated heterocycles. The highest BCUT2D eigenvalue weighted by Gasteiger charge is 2.62. The van der Waals surface area contributed by atoms with Crippen molar-refractivity contribution in [3.63, 3.8) is 0 Å².